The van der Waals surface area contributed by atoms with Gasteiger partial charge in [-0.25, -0.2) is 0 Å². The van der Waals surface area contributed by atoms with Gasteiger partial charge in [-0.1, -0.05) is 0 Å². The van der Waals surface area contributed by atoms with Gasteiger partial charge in [0.15, 0.2) is 0 Å². The predicted molar refractivity (Wildman–Crippen MR) is 39.1 cm³/mol. The number of hydrogen-bond donors (Lipinski definition) is 2. The van der Waals surface area contributed by atoms with Crippen LogP contribution in [-0.4, -0.2) is 37.5 Å². The zero-order valence-electron chi connectivity index (χ0n) is 6.02. The molecule has 1 fully saturated rings. The second-order valence-electron chi connectivity index (χ2n) is 2.72. The first-order valence-electron chi connectivity index (χ1n) is 3.31. The third-order valence-corrected chi connectivity index (χ3v) is 4.07. The quantitative estimate of drug-likeness (QED) is 0.463. The van der Waals surface area contributed by atoms with Gasteiger partial charge >= 0.3 is 0 Å². The Morgan fingerprint density at radius 1 is 1.10 bits per heavy atom. The molecule has 60 valence electrons. The largest absolute Gasteiger partial charge is 0.616 e. The van der Waals surface area contributed by atoms with E-state index >= 15 is 0 Å². The summed E-state index contributed by atoms with van der Waals surface area (Å²) in [5, 5.41) is 17.8. The van der Waals surface area contributed by atoms with Gasteiger partial charge in [-0.2, -0.15) is 0 Å². The van der Waals surface area contributed by atoms with E-state index in [1.54, 1.807) is 13.8 Å². The Labute approximate surface area is 63.2 Å². The Kier molecular flexibility index (Phi) is 2.24. The van der Waals surface area contributed by atoms with Crippen molar-refractivity contribution in [1.82, 2.24) is 0 Å². The molecule has 2 N–H and O–H groups in total. The number of rotatable bonds is 0. The topological polar surface area (TPSA) is 63.5 Å². The van der Waals surface area contributed by atoms with E-state index in [4.69, 9.17) is 10.2 Å². The Morgan fingerprint density at radius 3 is 1.50 bits per heavy atom. The van der Waals surface area contributed by atoms with E-state index < -0.39 is 23.4 Å². The molecule has 0 aromatic heterocycles. The molecule has 1 aliphatic heterocycles. The summed E-state index contributed by atoms with van der Waals surface area (Å²) in [6, 6.07) is 0. The van der Waals surface area contributed by atoms with Gasteiger partial charge in [-0.05, 0) is 25.0 Å². The van der Waals surface area contributed by atoms with Crippen LogP contribution < -0.4 is 0 Å². The van der Waals surface area contributed by atoms with Crippen LogP contribution >= 0.6 is 0 Å². The molecule has 0 aliphatic carbocycles. The van der Waals surface area contributed by atoms with E-state index in [1.807, 2.05) is 0 Å². The van der Waals surface area contributed by atoms with Gasteiger partial charge in [-0.3, -0.25) is 0 Å². The average molecular weight is 164 g/mol. The highest BCUT2D eigenvalue weighted by Crippen LogP contribution is 2.27. The second-order valence-corrected chi connectivity index (χ2v) is 4.86. The van der Waals surface area contributed by atoms with E-state index in [2.05, 4.69) is 0 Å². The minimum Gasteiger partial charge on any atom is -0.616 e. The van der Waals surface area contributed by atoms with Crippen LogP contribution in [0.2, 0.25) is 0 Å². The van der Waals surface area contributed by atoms with Gasteiger partial charge in [0.2, 0.25) is 0 Å². The molecule has 0 aromatic rings. The first kappa shape index (κ1) is 8.33. The molecule has 1 heterocycles. The highest BCUT2D eigenvalue weighted by atomic mass is 32.2. The first-order chi connectivity index (χ1) is 4.55. The lowest BCUT2D eigenvalue weighted by molar-refractivity contribution is 0.0327. The van der Waals surface area contributed by atoms with Crippen molar-refractivity contribution in [3.05, 3.63) is 0 Å². The van der Waals surface area contributed by atoms with Crippen molar-refractivity contribution < 1.29 is 14.8 Å². The monoisotopic (exact) mass is 164 g/mol. The summed E-state index contributed by atoms with van der Waals surface area (Å²) in [4.78, 5) is 0. The van der Waals surface area contributed by atoms with Crippen molar-refractivity contribution in [2.75, 3.05) is 0 Å². The molecular formula is C6H12O3S. The molecule has 1 rings (SSSR count). The zero-order valence-corrected chi connectivity index (χ0v) is 6.84. The van der Waals surface area contributed by atoms with Crippen molar-refractivity contribution in [2.24, 2.45) is 0 Å². The molecule has 1 aliphatic rings. The Bertz CT molecular complexity index is 85.3. The van der Waals surface area contributed by atoms with Gasteiger partial charge < -0.3 is 14.8 Å². The van der Waals surface area contributed by atoms with Crippen molar-refractivity contribution >= 4 is 11.2 Å². The molecule has 0 bridgehead atoms. The van der Waals surface area contributed by atoms with Gasteiger partial charge in [-0.15, -0.1) is 0 Å². The summed E-state index contributed by atoms with van der Waals surface area (Å²) in [6.45, 7) is 3.38. The lowest BCUT2D eigenvalue weighted by atomic mass is 10.1. The molecule has 4 atom stereocenters. The third kappa shape index (κ3) is 1.05. The Hall–Kier alpha value is 0.230. The molecular weight excluding hydrogens is 152 g/mol. The van der Waals surface area contributed by atoms with E-state index in [1.165, 1.54) is 0 Å². The standard InChI is InChI=1S/C6H12O3S/c1-3-5(7)6(8)4(2)10(3)9/h3-8H,1-2H3. The van der Waals surface area contributed by atoms with Crippen LogP contribution in [0.1, 0.15) is 13.8 Å². The fraction of sp³-hybridized carbons (Fsp3) is 1.00. The maximum Gasteiger partial charge on any atom is 0.141 e. The molecule has 0 saturated carbocycles. The molecule has 3 nitrogen and oxygen atoms in total. The first-order valence-corrected chi connectivity index (χ1v) is 4.59. The predicted octanol–water partition coefficient (Wildman–Crippen LogP) is -0.752. The number of hydrogen-bond acceptors (Lipinski definition) is 3. The third-order valence-electron chi connectivity index (χ3n) is 2.04. The van der Waals surface area contributed by atoms with E-state index in [0.29, 0.717) is 0 Å². The van der Waals surface area contributed by atoms with Crippen molar-refractivity contribution in [3.63, 3.8) is 0 Å². The van der Waals surface area contributed by atoms with E-state index in [0.717, 1.165) is 0 Å². The van der Waals surface area contributed by atoms with Crippen molar-refractivity contribution in [1.29, 1.82) is 0 Å². The summed E-state index contributed by atoms with van der Waals surface area (Å²) in [6.07, 6.45) is -1.62. The molecule has 4 unspecified atom stereocenters. The smallest absolute Gasteiger partial charge is 0.141 e. The molecule has 4 heteroatoms. The van der Waals surface area contributed by atoms with Crippen LogP contribution in [0.5, 0.6) is 0 Å². The van der Waals surface area contributed by atoms with Crippen LogP contribution in [0.15, 0.2) is 0 Å². The minimum absolute atomic E-state index is 0.287. The summed E-state index contributed by atoms with van der Waals surface area (Å²) >= 11 is -1.07. The summed E-state index contributed by atoms with van der Waals surface area (Å²) in [5.74, 6) is 0. The second kappa shape index (κ2) is 2.70. The normalized spacial score (nSPS) is 55.5. The lowest BCUT2D eigenvalue weighted by Crippen LogP contribution is -2.30. The molecule has 0 aromatic carbocycles. The summed E-state index contributed by atoms with van der Waals surface area (Å²) in [7, 11) is 0. The summed E-state index contributed by atoms with van der Waals surface area (Å²) in [5.41, 5.74) is 0. The van der Waals surface area contributed by atoms with Crippen LogP contribution in [-0.2, 0) is 11.2 Å². The summed E-state index contributed by atoms with van der Waals surface area (Å²) < 4.78 is 11.1. The molecule has 0 spiro atoms. The maximum atomic E-state index is 11.1. The fourth-order valence-corrected chi connectivity index (χ4v) is 2.72. The number of aliphatic hydroxyl groups is 2. The highest BCUT2D eigenvalue weighted by molar-refractivity contribution is 7.93. The minimum atomic E-state index is -1.07. The molecule has 0 amide bonds. The fourth-order valence-electron chi connectivity index (χ4n) is 1.17. The Balaban J connectivity index is 2.68. The molecule has 0 radical (unpaired) electrons. The number of aliphatic hydroxyl groups excluding tert-OH is 2. The van der Waals surface area contributed by atoms with Gasteiger partial charge in [0.25, 0.3) is 0 Å². The SMILES string of the molecule is CC1C(O)C(O)C(C)[S+]1[O-]. The zero-order chi connectivity index (χ0) is 7.89. The Morgan fingerprint density at radius 2 is 1.40 bits per heavy atom. The van der Waals surface area contributed by atoms with Crippen molar-refractivity contribution in [3.8, 4) is 0 Å². The van der Waals surface area contributed by atoms with Crippen LogP contribution in [0.4, 0.5) is 0 Å². The van der Waals surface area contributed by atoms with Crippen LogP contribution in [0.25, 0.3) is 0 Å². The average Bonchev–Trinajstić information content (AvgIpc) is 2.07. The van der Waals surface area contributed by atoms with E-state index in [-0.39, 0.29) is 10.5 Å². The van der Waals surface area contributed by atoms with Gasteiger partial charge in [0.05, 0.1) is 0 Å². The highest BCUT2D eigenvalue weighted by Gasteiger charge is 2.47. The van der Waals surface area contributed by atoms with Crippen molar-refractivity contribution in [2.45, 2.75) is 36.6 Å². The molecule has 1 saturated heterocycles. The van der Waals surface area contributed by atoms with E-state index in [9.17, 15) is 4.55 Å². The van der Waals surface area contributed by atoms with Crippen LogP contribution in [0.3, 0.4) is 0 Å². The lowest BCUT2D eigenvalue weighted by Gasteiger charge is -2.12. The van der Waals surface area contributed by atoms with Crippen LogP contribution in [0, 0.1) is 0 Å². The van der Waals surface area contributed by atoms with Gasteiger partial charge in [0.1, 0.15) is 22.7 Å². The van der Waals surface area contributed by atoms with Gasteiger partial charge in [0, 0.05) is 0 Å². The maximum absolute atomic E-state index is 11.1. The molecule has 10 heavy (non-hydrogen) atoms.